The lowest BCUT2D eigenvalue weighted by Crippen LogP contribution is -2.45. The van der Waals surface area contributed by atoms with Crippen LogP contribution in [0.15, 0.2) is 48.7 Å². The maximum absolute atomic E-state index is 12.2. The molecule has 0 saturated carbocycles. The number of rotatable bonds is 5. The van der Waals surface area contributed by atoms with Crippen LogP contribution in [0, 0.1) is 5.41 Å². The van der Waals surface area contributed by atoms with Gasteiger partial charge >= 0.3 is 0 Å². The Hall–Kier alpha value is -2.40. The zero-order valence-electron chi connectivity index (χ0n) is 16.7. The van der Waals surface area contributed by atoms with E-state index in [-0.39, 0.29) is 5.91 Å². The average molecular weight is 379 g/mol. The van der Waals surface area contributed by atoms with Crippen LogP contribution in [0.4, 0.5) is 5.82 Å². The monoisotopic (exact) mass is 378 g/mol. The van der Waals surface area contributed by atoms with E-state index in [1.807, 2.05) is 12.1 Å². The van der Waals surface area contributed by atoms with E-state index < -0.39 is 0 Å². The molecule has 2 aromatic rings. The van der Waals surface area contributed by atoms with Gasteiger partial charge in [-0.15, -0.1) is 0 Å². The normalized spacial score (nSPS) is 22.5. The minimum Gasteiger partial charge on any atom is -0.355 e. The van der Waals surface area contributed by atoms with Crippen molar-refractivity contribution in [3.8, 4) is 0 Å². The van der Waals surface area contributed by atoms with Crippen LogP contribution in [0.3, 0.4) is 0 Å². The molecular weight excluding hydrogens is 348 g/mol. The molecule has 2 aliphatic rings. The van der Waals surface area contributed by atoms with Gasteiger partial charge in [0.05, 0.1) is 5.56 Å². The Balaban J connectivity index is 1.42. The van der Waals surface area contributed by atoms with Crippen LogP contribution in [-0.2, 0) is 6.42 Å². The summed E-state index contributed by atoms with van der Waals surface area (Å²) in [4.78, 5) is 21.8. The number of carbonyl (C=O) groups is 1. The third-order valence-corrected chi connectivity index (χ3v) is 6.30. The van der Waals surface area contributed by atoms with E-state index in [1.54, 1.807) is 13.2 Å². The highest BCUT2D eigenvalue weighted by atomic mass is 16.1. The molecule has 1 atom stereocenters. The average Bonchev–Trinajstić information content (AvgIpc) is 3.15. The number of benzene rings is 1. The largest absolute Gasteiger partial charge is 0.355 e. The van der Waals surface area contributed by atoms with Gasteiger partial charge in [-0.1, -0.05) is 30.3 Å². The van der Waals surface area contributed by atoms with Gasteiger partial charge in [-0.05, 0) is 49.9 Å². The summed E-state index contributed by atoms with van der Waals surface area (Å²) in [6, 6.07) is 14.5. The predicted molar refractivity (Wildman–Crippen MR) is 113 cm³/mol. The smallest absolute Gasteiger partial charge is 0.254 e. The van der Waals surface area contributed by atoms with Crippen LogP contribution in [0.5, 0.6) is 0 Å². The molecular formula is C23H30N4O. The number of anilines is 1. The first-order valence-electron chi connectivity index (χ1n) is 10.4. The number of aromatic nitrogens is 1. The van der Waals surface area contributed by atoms with E-state index in [0.717, 1.165) is 38.4 Å². The summed E-state index contributed by atoms with van der Waals surface area (Å²) >= 11 is 0. The lowest BCUT2D eigenvalue weighted by atomic mass is 9.79. The minimum atomic E-state index is -0.0582. The van der Waals surface area contributed by atoms with Crippen molar-refractivity contribution in [2.45, 2.75) is 25.7 Å². The van der Waals surface area contributed by atoms with Gasteiger partial charge in [-0.2, -0.15) is 0 Å². The van der Waals surface area contributed by atoms with E-state index in [2.05, 4.69) is 50.4 Å². The highest BCUT2D eigenvalue weighted by Gasteiger charge is 2.42. The highest BCUT2D eigenvalue weighted by Crippen LogP contribution is 2.40. The Kier molecular flexibility index (Phi) is 5.62. The summed E-state index contributed by atoms with van der Waals surface area (Å²) in [6.07, 6.45) is 6.61. The minimum absolute atomic E-state index is 0.0582. The number of amides is 1. The molecule has 1 spiro atoms. The quantitative estimate of drug-likeness (QED) is 0.869. The first-order chi connectivity index (χ1) is 13.7. The zero-order valence-corrected chi connectivity index (χ0v) is 16.7. The molecule has 28 heavy (non-hydrogen) atoms. The summed E-state index contributed by atoms with van der Waals surface area (Å²) < 4.78 is 0. The number of hydrogen-bond acceptors (Lipinski definition) is 4. The molecule has 0 aliphatic carbocycles. The summed E-state index contributed by atoms with van der Waals surface area (Å²) in [5.74, 6) is 0.775. The molecule has 2 saturated heterocycles. The van der Waals surface area contributed by atoms with Crippen molar-refractivity contribution < 1.29 is 4.79 Å². The van der Waals surface area contributed by atoms with Gasteiger partial charge in [0, 0.05) is 44.8 Å². The molecule has 0 unspecified atom stereocenters. The zero-order chi connectivity index (χ0) is 19.4. The second-order valence-electron chi connectivity index (χ2n) is 8.24. The fourth-order valence-electron chi connectivity index (χ4n) is 4.84. The van der Waals surface area contributed by atoms with Gasteiger partial charge < -0.3 is 15.1 Å². The van der Waals surface area contributed by atoms with Crippen molar-refractivity contribution in [2.24, 2.45) is 5.41 Å². The summed E-state index contributed by atoms with van der Waals surface area (Å²) in [5.41, 5.74) is 2.42. The van der Waals surface area contributed by atoms with Crippen molar-refractivity contribution >= 4 is 11.7 Å². The van der Waals surface area contributed by atoms with Crippen LogP contribution < -0.4 is 10.2 Å². The van der Waals surface area contributed by atoms with Crippen molar-refractivity contribution in [3.05, 3.63) is 59.8 Å². The maximum atomic E-state index is 12.2. The Morgan fingerprint density at radius 3 is 2.79 bits per heavy atom. The number of pyridine rings is 1. The standard InChI is InChI=1S/C23H30N4O/c1-24-22(28)20-9-5-13-25-21(20)27-16-12-23(18-27)11-6-14-26(17-23)15-10-19-7-3-2-4-8-19/h2-5,7-9,13H,6,10-12,14-18H2,1H3,(H,24,28)/t23-/m1/s1. The molecule has 4 rings (SSSR count). The van der Waals surface area contributed by atoms with Gasteiger partial charge in [-0.3, -0.25) is 4.79 Å². The van der Waals surface area contributed by atoms with Gasteiger partial charge in [0.25, 0.3) is 5.91 Å². The van der Waals surface area contributed by atoms with Gasteiger partial charge in [-0.25, -0.2) is 4.98 Å². The SMILES string of the molecule is CNC(=O)c1cccnc1N1CC[C@@]2(CCCN(CCc3ccccc3)C2)C1. The van der Waals surface area contributed by atoms with Gasteiger partial charge in [0.2, 0.25) is 0 Å². The first kappa shape index (κ1) is 18.9. The van der Waals surface area contributed by atoms with E-state index in [4.69, 9.17) is 0 Å². The van der Waals surface area contributed by atoms with E-state index in [0.29, 0.717) is 11.0 Å². The molecule has 3 heterocycles. The molecule has 0 radical (unpaired) electrons. The number of nitrogens with one attached hydrogen (secondary N) is 1. The number of likely N-dealkylation sites (tertiary alicyclic amines) is 1. The van der Waals surface area contributed by atoms with Crippen LogP contribution in [-0.4, -0.2) is 55.6 Å². The van der Waals surface area contributed by atoms with E-state index in [9.17, 15) is 4.79 Å². The van der Waals surface area contributed by atoms with Crippen molar-refractivity contribution in [1.29, 1.82) is 0 Å². The van der Waals surface area contributed by atoms with Crippen molar-refractivity contribution in [3.63, 3.8) is 0 Å². The van der Waals surface area contributed by atoms with Gasteiger partial charge in [0.1, 0.15) is 5.82 Å². The Labute approximate surface area is 167 Å². The number of carbonyl (C=O) groups excluding carboxylic acids is 1. The van der Waals surface area contributed by atoms with E-state index >= 15 is 0 Å². The van der Waals surface area contributed by atoms with Crippen molar-refractivity contribution in [2.75, 3.05) is 44.7 Å². The van der Waals surface area contributed by atoms with Crippen LogP contribution in [0.25, 0.3) is 0 Å². The molecule has 1 N–H and O–H groups in total. The van der Waals surface area contributed by atoms with Gasteiger partial charge in [0.15, 0.2) is 0 Å². The fourth-order valence-corrected chi connectivity index (χ4v) is 4.84. The number of nitrogens with zero attached hydrogens (tertiary/aromatic N) is 3. The number of hydrogen-bond donors (Lipinski definition) is 1. The molecule has 2 fully saturated rings. The Morgan fingerprint density at radius 1 is 1.11 bits per heavy atom. The lowest BCUT2D eigenvalue weighted by molar-refractivity contribution is 0.0962. The predicted octanol–water partition coefficient (Wildman–Crippen LogP) is 2.98. The summed E-state index contributed by atoms with van der Waals surface area (Å²) in [7, 11) is 1.68. The molecule has 5 nitrogen and oxygen atoms in total. The second kappa shape index (κ2) is 8.31. The molecule has 0 bridgehead atoms. The van der Waals surface area contributed by atoms with Crippen LogP contribution >= 0.6 is 0 Å². The fraction of sp³-hybridized carbons (Fsp3) is 0.478. The molecule has 2 aliphatic heterocycles. The second-order valence-corrected chi connectivity index (χ2v) is 8.24. The number of piperidine rings is 1. The lowest BCUT2D eigenvalue weighted by Gasteiger charge is -2.40. The Morgan fingerprint density at radius 2 is 1.96 bits per heavy atom. The van der Waals surface area contributed by atoms with Crippen LogP contribution in [0.1, 0.15) is 35.2 Å². The topological polar surface area (TPSA) is 48.5 Å². The third kappa shape index (κ3) is 4.04. The molecule has 1 aromatic heterocycles. The van der Waals surface area contributed by atoms with Crippen LogP contribution in [0.2, 0.25) is 0 Å². The maximum Gasteiger partial charge on any atom is 0.254 e. The molecule has 148 valence electrons. The molecule has 1 aromatic carbocycles. The summed E-state index contributed by atoms with van der Waals surface area (Å²) in [5, 5.41) is 2.74. The van der Waals surface area contributed by atoms with Crippen molar-refractivity contribution in [1.82, 2.24) is 15.2 Å². The van der Waals surface area contributed by atoms with E-state index in [1.165, 1.54) is 31.4 Å². The Bertz CT molecular complexity index is 809. The molecule has 5 heteroatoms. The third-order valence-electron chi connectivity index (χ3n) is 6.30. The first-order valence-corrected chi connectivity index (χ1v) is 10.4. The summed E-state index contributed by atoms with van der Waals surface area (Å²) in [6.45, 7) is 5.45. The molecule has 1 amide bonds. The highest BCUT2D eigenvalue weighted by molar-refractivity contribution is 5.98.